The van der Waals surface area contributed by atoms with Crippen LogP contribution in [0.15, 0.2) is 18.2 Å². The van der Waals surface area contributed by atoms with Crippen LogP contribution in [0.4, 0.5) is 5.69 Å². The first-order valence-electron chi connectivity index (χ1n) is 6.05. The summed E-state index contributed by atoms with van der Waals surface area (Å²) < 4.78 is 0. The lowest BCUT2D eigenvalue weighted by atomic mass is 10.1. The standard InChI is InChI=1S/C13H19ClN2/c14-12-6-3-7-13(11(12)5-4-8-15)16-9-1-2-10-16/h3,6-7H,1-2,4-5,8-10,15H2. The highest BCUT2D eigenvalue weighted by Gasteiger charge is 2.16. The van der Waals surface area contributed by atoms with Crippen LogP contribution >= 0.6 is 11.6 Å². The molecule has 1 aliphatic heterocycles. The van der Waals surface area contributed by atoms with E-state index in [9.17, 15) is 0 Å². The van der Waals surface area contributed by atoms with E-state index in [1.54, 1.807) is 0 Å². The molecular weight excluding hydrogens is 220 g/mol. The quantitative estimate of drug-likeness (QED) is 0.874. The Balaban J connectivity index is 2.24. The Bertz CT molecular complexity index is 346. The van der Waals surface area contributed by atoms with Crippen molar-refractivity contribution in [3.05, 3.63) is 28.8 Å². The van der Waals surface area contributed by atoms with Gasteiger partial charge in [0, 0.05) is 23.8 Å². The lowest BCUT2D eigenvalue weighted by Gasteiger charge is -2.22. The topological polar surface area (TPSA) is 29.3 Å². The predicted molar refractivity (Wildman–Crippen MR) is 70.3 cm³/mol. The minimum Gasteiger partial charge on any atom is -0.371 e. The summed E-state index contributed by atoms with van der Waals surface area (Å²) in [7, 11) is 0. The maximum atomic E-state index is 6.28. The van der Waals surface area contributed by atoms with Gasteiger partial charge < -0.3 is 10.6 Å². The van der Waals surface area contributed by atoms with E-state index in [0.717, 1.165) is 37.5 Å². The molecule has 2 N–H and O–H groups in total. The maximum Gasteiger partial charge on any atom is 0.0458 e. The van der Waals surface area contributed by atoms with Crippen molar-refractivity contribution < 1.29 is 0 Å². The molecule has 1 aromatic carbocycles. The zero-order valence-corrected chi connectivity index (χ0v) is 10.3. The van der Waals surface area contributed by atoms with E-state index in [1.807, 2.05) is 12.1 Å². The number of halogens is 1. The van der Waals surface area contributed by atoms with Crippen molar-refractivity contribution in [2.24, 2.45) is 5.73 Å². The number of hydrogen-bond donors (Lipinski definition) is 1. The van der Waals surface area contributed by atoms with Crippen LogP contribution < -0.4 is 10.6 Å². The Hall–Kier alpha value is -0.730. The first-order chi connectivity index (χ1) is 7.83. The van der Waals surface area contributed by atoms with E-state index in [0.29, 0.717) is 0 Å². The van der Waals surface area contributed by atoms with Gasteiger partial charge in [0.15, 0.2) is 0 Å². The third-order valence-electron chi connectivity index (χ3n) is 3.17. The molecule has 0 bridgehead atoms. The third kappa shape index (κ3) is 2.50. The summed E-state index contributed by atoms with van der Waals surface area (Å²) in [6, 6.07) is 6.21. The molecule has 3 heteroatoms. The molecule has 1 fully saturated rings. The molecule has 2 nitrogen and oxygen atoms in total. The molecule has 0 aromatic heterocycles. The van der Waals surface area contributed by atoms with E-state index in [1.165, 1.54) is 24.1 Å². The summed E-state index contributed by atoms with van der Waals surface area (Å²) in [5.74, 6) is 0. The summed E-state index contributed by atoms with van der Waals surface area (Å²) in [4.78, 5) is 2.44. The van der Waals surface area contributed by atoms with Crippen molar-refractivity contribution in [3.8, 4) is 0 Å². The molecule has 1 aromatic rings. The van der Waals surface area contributed by atoms with Crippen molar-refractivity contribution in [3.63, 3.8) is 0 Å². The number of anilines is 1. The van der Waals surface area contributed by atoms with Crippen LogP contribution in [0.3, 0.4) is 0 Å². The largest absolute Gasteiger partial charge is 0.371 e. The molecule has 1 heterocycles. The molecule has 1 saturated heterocycles. The molecule has 0 aliphatic carbocycles. The molecule has 0 saturated carbocycles. The molecule has 1 aliphatic rings. The minimum atomic E-state index is 0.727. The Morgan fingerprint density at radius 2 is 2.00 bits per heavy atom. The predicted octanol–water partition coefficient (Wildman–Crippen LogP) is 2.83. The Kier molecular flexibility index (Phi) is 4.08. The Morgan fingerprint density at radius 1 is 1.25 bits per heavy atom. The fraction of sp³-hybridized carbons (Fsp3) is 0.538. The van der Waals surface area contributed by atoms with Crippen LogP contribution in [0.2, 0.25) is 5.02 Å². The van der Waals surface area contributed by atoms with Crippen LogP contribution in [0.25, 0.3) is 0 Å². The first-order valence-corrected chi connectivity index (χ1v) is 6.43. The molecule has 0 spiro atoms. The maximum absolute atomic E-state index is 6.28. The van der Waals surface area contributed by atoms with Crippen molar-refractivity contribution in [1.82, 2.24) is 0 Å². The summed E-state index contributed by atoms with van der Waals surface area (Å²) in [6.07, 6.45) is 4.58. The molecule has 0 amide bonds. The number of hydrogen-bond acceptors (Lipinski definition) is 2. The molecular formula is C13H19ClN2. The molecule has 0 radical (unpaired) electrons. The fourth-order valence-electron chi connectivity index (χ4n) is 2.33. The molecule has 2 rings (SSSR count). The highest BCUT2D eigenvalue weighted by atomic mass is 35.5. The van der Waals surface area contributed by atoms with Gasteiger partial charge in [0.1, 0.15) is 0 Å². The average Bonchev–Trinajstić information content (AvgIpc) is 2.80. The van der Waals surface area contributed by atoms with Gasteiger partial charge in [-0.3, -0.25) is 0 Å². The van der Waals surface area contributed by atoms with Gasteiger partial charge in [0.2, 0.25) is 0 Å². The van der Waals surface area contributed by atoms with Crippen LogP contribution in [0.1, 0.15) is 24.8 Å². The van der Waals surface area contributed by atoms with E-state index in [-0.39, 0.29) is 0 Å². The monoisotopic (exact) mass is 238 g/mol. The second-order valence-electron chi connectivity index (χ2n) is 4.32. The second-order valence-corrected chi connectivity index (χ2v) is 4.73. The van der Waals surface area contributed by atoms with Crippen molar-refractivity contribution in [2.75, 3.05) is 24.5 Å². The Morgan fingerprint density at radius 3 is 2.69 bits per heavy atom. The summed E-state index contributed by atoms with van der Waals surface area (Å²) >= 11 is 6.28. The zero-order chi connectivity index (χ0) is 11.4. The fourth-order valence-corrected chi connectivity index (χ4v) is 2.59. The highest BCUT2D eigenvalue weighted by Crippen LogP contribution is 2.30. The zero-order valence-electron chi connectivity index (χ0n) is 9.58. The summed E-state index contributed by atoms with van der Waals surface area (Å²) in [5.41, 5.74) is 8.17. The van der Waals surface area contributed by atoms with Gasteiger partial charge in [-0.05, 0) is 49.9 Å². The van der Waals surface area contributed by atoms with Gasteiger partial charge in [0.25, 0.3) is 0 Å². The lowest BCUT2D eigenvalue weighted by molar-refractivity contribution is 0.824. The van der Waals surface area contributed by atoms with E-state index < -0.39 is 0 Å². The summed E-state index contributed by atoms with van der Waals surface area (Å²) in [5, 5.41) is 0.887. The van der Waals surface area contributed by atoms with Gasteiger partial charge in [0.05, 0.1) is 0 Å². The lowest BCUT2D eigenvalue weighted by Crippen LogP contribution is -2.19. The second kappa shape index (κ2) is 5.55. The van der Waals surface area contributed by atoms with Crippen LogP contribution in [-0.4, -0.2) is 19.6 Å². The number of rotatable bonds is 4. The number of nitrogens with zero attached hydrogens (tertiary/aromatic N) is 1. The minimum absolute atomic E-state index is 0.727. The summed E-state index contributed by atoms with van der Waals surface area (Å²) in [6.45, 7) is 3.05. The average molecular weight is 239 g/mol. The SMILES string of the molecule is NCCCc1c(Cl)cccc1N1CCCC1. The smallest absolute Gasteiger partial charge is 0.0458 e. The highest BCUT2D eigenvalue weighted by molar-refractivity contribution is 6.31. The van der Waals surface area contributed by atoms with Gasteiger partial charge in [-0.15, -0.1) is 0 Å². The van der Waals surface area contributed by atoms with Crippen molar-refractivity contribution >= 4 is 17.3 Å². The van der Waals surface area contributed by atoms with Gasteiger partial charge in [-0.2, -0.15) is 0 Å². The Labute approximate surface area is 102 Å². The normalized spacial score (nSPS) is 15.8. The van der Waals surface area contributed by atoms with Gasteiger partial charge in [-0.1, -0.05) is 17.7 Å². The third-order valence-corrected chi connectivity index (χ3v) is 3.53. The van der Waals surface area contributed by atoms with E-state index >= 15 is 0 Å². The molecule has 0 atom stereocenters. The first kappa shape index (κ1) is 11.7. The van der Waals surface area contributed by atoms with E-state index in [4.69, 9.17) is 17.3 Å². The number of benzene rings is 1. The van der Waals surface area contributed by atoms with Gasteiger partial charge >= 0.3 is 0 Å². The van der Waals surface area contributed by atoms with E-state index in [2.05, 4.69) is 11.0 Å². The van der Waals surface area contributed by atoms with Crippen molar-refractivity contribution in [1.29, 1.82) is 0 Å². The molecule has 0 unspecified atom stereocenters. The van der Waals surface area contributed by atoms with Crippen molar-refractivity contribution in [2.45, 2.75) is 25.7 Å². The molecule has 88 valence electrons. The van der Waals surface area contributed by atoms with Crippen LogP contribution in [0, 0.1) is 0 Å². The number of nitrogens with two attached hydrogens (primary N) is 1. The molecule has 16 heavy (non-hydrogen) atoms. The van der Waals surface area contributed by atoms with Crippen LogP contribution in [0.5, 0.6) is 0 Å². The van der Waals surface area contributed by atoms with Crippen LogP contribution in [-0.2, 0) is 6.42 Å². The van der Waals surface area contributed by atoms with Gasteiger partial charge in [-0.25, -0.2) is 0 Å².